The van der Waals surface area contributed by atoms with Crippen LogP contribution in [-0.2, 0) is 54.1 Å². The first-order chi connectivity index (χ1) is 19.9. The van der Waals surface area contributed by atoms with Crippen molar-refractivity contribution in [3.8, 4) is 0 Å². The lowest BCUT2D eigenvalue weighted by Crippen LogP contribution is -2.55. The molecule has 42 heavy (non-hydrogen) atoms. The molecule has 0 aliphatic rings. The number of ether oxygens (including phenoxy) is 5. The number of nitrogens with one attached hydrogen (secondary N) is 2. The average molecular weight is 587 g/mol. The van der Waals surface area contributed by atoms with Crippen molar-refractivity contribution in [3.05, 3.63) is 65.2 Å². The predicted octanol–water partition coefficient (Wildman–Crippen LogP) is 0.962. The smallest absolute Gasteiger partial charge is 0.337 e. The number of anilines is 1. The summed E-state index contributed by atoms with van der Waals surface area (Å²) in [6, 6.07) is 10.8. The summed E-state index contributed by atoms with van der Waals surface area (Å²) in [5.74, 6) is -6.91. The second kappa shape index (κ2) is 15.5. The Morgan fingerprint density at radius 1 is 0.690 bits per heavy atom. The normalized spacial score (nSPS) is 12.4. The minimum Gasteiger partial charge on any atom is -0.467 e. The third kappa shape index (κ3) is 9.43. The van der Waals surface area contributed by atoms with Crippen LogP contribution in [0.25, 0.3) is 0 Å². The van der Waals surface area contributed by atoms with E-state index in [1.807, 2.05) is 0 Å². The van der Waals surface area contributed by atoms with Crippen LogP contribution in [0.15, 0.2) is 48.5 Å². The lowest BCUT2D eigenvalue weighted by atomic mass is 10.0. The Morgan fingerprint density at radius 2 is 1.19 bits per heavy atom. The molecule has 0 aliphatic heterocycles. The van der Waals surface area contributed by atoms with Crippen molar-refractivity contribution in [3.63, 3.8) is 0 Å². The van der Waals surface area contributed by atoms with E-state index in [9.17, 15) is 33.6 Å². The molecule has 0 fully saturated rings. The molecule has 2 N–H and O–H groups in total. The minimum atomic E-state index is -2.08. The van der Waals surface area contributed by atoms with Gasteiger partial charge < -0.3 is 34.3 Å². The van der Waals surface area contributed by atoms with E-state index in [4.69, 9.17) is 14.2 Å². The summed E-state index contributed by atoms with van der Waals surface area (Å²) in [6.07, 6.45) is -4.17. The summed E-state index contributed by atoms with van der Waals surface area (Å²) in [4.78, 5) is 87.3. The van der Waals surface area contributed by atoms with Gasteiger partial charge in [-0.3, -0.25) is 19.2 Å². The van der Waals surface area contributed by atoms with E-state index in [2.05, 4.69) is 20.1 Å². The summed E-state index contributed by atoms with van der Waals surface area (Å²) < 4.78 is 24.2. The highest BCUT2D eigenvalue weighted by atomic mass is 16.6. The Labute approximate surface area is 240 Å². The number of hydrogen-bond acceptors (Lipinski definition) is 12. The van der Waals surface area contributed by atoms with Crippen LogP contribution in [0.1, 0.15) is 40.1 Å². The zero-order chi connectivity index (χ0) is 31.4. The molecule has 0 radical (unpaired) electrons. The Kier molecular flexibility index (Phi) is 12.2. The van der Waals surface area contributed by atoms with Crippen LogP contribution in [-0.4, -0.2) is 81.2 Å². The van der Waals surface area contributed by atoms with E-state index in [-0.39, 0.29) is 23.2 Å². The van der Waals surface area contributed by atoms with Crippen LogP contribution in [0.3, 0.4) is 0 Å². The van der Waals surface area contributed by atoms with Gasteiger partial charge in [-0.2, -0.15) is 0 Å². The second-order valence-electron chi connectivity index (χ2n) is 8.61. The van der Waals surface area contributed by atoms with Gasteiger partial charge in [-0.15, -0.1) is 0 Å². The van der Waals surface area contributed by atoms with Crippen molar-refractivity contribution in [1.82, 2.24) is 5.32 Å². The predicted molar refractivity (Wildman–Crippen MR) is 143 cm³/mol. The molecule has 0 saturated heterocycles. The summed E-state index contributed by atoms with van der Waals surface area (Å²) in [5.41, 5.74) is 0.212. The van der Waals surface area contributed by atoms with Crippen molar-refractivity contribution in [2.24, 2.45) is 0 Å². The Morgan fingerprint density at radius 3 is 1.64 bits per heavy atom. The second-order valence-corrected chi connectivity index (χ2v) is 8.61. The van der Waals surface area contributed by atoms with Crippen LogP contribution >= 0.6 is 0 Å². The zero-order valence-corrected chi connectivity index (χ0v) is 23.5. The molecular weight excluding hydrogens is 556 g/mol. The van der Waals surface area contributed by atoms with Gasteiger partial charge in [-0.05, 0) is 23.8 Å². The van der Waals surface area contributed by atoms with Gasteiger partial charge in [0, 0.05) is 26.0 Å². The maximum absolute atomic E-state index is 13.4. The number of carbonyl (C=O) groups is 7. The highest BCUT2D eigenvalue weighted by Gasteiger charge is 2.41. The Balaban J connectivity index is 2.46. The molecule has 2 aromatic rings. The van der Waals surface area contributed by atoms with E-state index in [0.29, 0.717) is 5.56 Å². The standard InChI is InChI=1S/C28H30N2O12/c1-15(31)41-22(24(33)29-20-13-18(26(35)38-3)12-19(14-20)27(36)39-4)23(42-16(2)32)25(34)30-21(28(37)40-5)11-17-9-7-6-8-10-17/h6-10,12-14,21-23H,11H2,1-5H3,(H,29,33)(H,30,34)/t21-,22+,23+/m0/s1. The molecule has 2 amide bonds. The van der Waals surface area contributed by atoms with Crippen LogP contribution in [0.2, 0.25) is 0 Å². The molecule has 0 spiro atoms. The van der Waals surface area contributed by atoms with E-state index >= 15 is 0 Å². The number of benzene rings is 2. The molecule has 0 unspecified atom stereocenters. The van der Waals surface area contributed by atoms with Crippen molar-refractivity contribution in [2.45, 2.75) is 38.5 Å². The maximum atomic E-state index is 13.4. The number of hydrogen-bond donors (Lipinski definition) is 2. The van der Waals surface area contributed by atoms with Gasteiger partial charge >= 0.3 is 29.8 Å². The largest absolute Gasteiger partial charge is 0.467 e. The number of rotatable bonds is 12. The van der Waals surface area contributed by atoms with Crippen molar-refractivity contribution < 1.29 is 57.2 Å². The number of carbonyl (C=O) groups excluding carboxylic acids is 7. The first-order valence-electron chi connectivity index (χ1n) is 12.3. The van der Waals surface area contributed by atoms with E-state index in [0.717, 1.165) is 53.4 Å². The lowest BCUT2D eigenvalue weighted by molar-refractivity contribution is -0.173. The Bertz CT molecular complexity index is 1310. The van der Waals surface area contributed by atoms with Gasteiger partial charge in [-0.25, -0.2) is 14.4 Å². The van der Waals surface area contributed by atoms with Gasteiger partial charge in [-0.1, -0.05) is 30.3 Å². The van der Waals surface area contributed by atoms with Gasteiger partial charge in [0.15, 0.2) is 0 Å². The first-order valence-corrected chi connectivity index (χ1v) is 12.3. The molecule has 224 valence electrons. The summed E-state index contributed by atoms with van der Waals surface area (Å²) in [6.45, 7) is 1.90. The maximum Gasteiger partial charge on any atom is 0.337 e. The molecule has 14 heteroatoms. The van der Waals surface area contributed by atoms with Gasteiger partial charge in [0.1, 0.15) is 6.04 Å². The Hall–Kier alpha value is -5.27. The third-order valence-corrected chi connectivity index (χ3v) is 5.51. The molecule has 2 rings (SSSR count). The lowest BCUT2D eigenvalue weighted by Gasteiger charge is -2.26. The van der Waals surface area contributed by atoms with Gasteiger partial charge in [0.05, 0.1) is 32.5 Å². The van der Waals surface area contributed by atoms with Crippen molar-refractivity contribution in [2.75, 3.05) is 26.6 Å². The van der Waals surface area contributed by atoms with E-state index in [1.54, 1.807) is 30.3 Å². The van der Waals surface area contributed by atoms with Gasteiger partial charge in [0.25, 0.3) is 11.8 Å². The molecule has 0 bridgehead atoms. The number of amides is 2. The SMILES string of the molecule is COC(=O)c1cc(NC(=O)[C@H](OC(C)=O)[C@@H](OC(C)=O)C(=O)N[C@@H](Cc2ccccc2)C(=O)OC)cc(C(=O)OC)c1. The van der Waals surface area contributed by atoms with E-state index < -0.39 is 59.9 Å². The van der Waals surface area contributed by atoms with Crippen LogP contribution < -0.4 is 10.6 Å². The van der Waals surface area contributed by atoms with Crippen LogP contribution in [0.4, 0.5) is 5.69 Å². The fourth-order valence-electron chi connectivity index (χ4n) is 3.69. The highest BCUT2D eigenvalue weighted by molar-refractivity contribution is 6.03. The molecular formula is C28H30N2O12. The zero-order valence-electron chi connectivity index (χ0n) is 23.5. The average Bonchev–Trinajstić information content (AvgIpc) is 2.97. The van der Waals surface area contributed by atoms with Crippen LogP contribution in [0.5, 0.6) is 0 Å². The monoisotopic (exact) mass is 586 g/mol. The fraction of sp³-hybridized carbons (Fsp3) is 0.321. The molecule has 0 aromatic heterocycles. The summed E-state index contributed by atoms with van der Waals surface area (Å²) >= 11 is 0. The molecule has 0 heterocycles. The van der Waals surface area contributed by atoms with E-state index in [1.165, 1.54) is 0 Å². The number of methoxy groups -OCH3 is 3. The molecule has 0 saturated carbocycles. The van der Waals surface area contributed by atoms with Crippen LogP contribution in [0, 0.1) is 0 Å². The fourth-order valence-corrected chi connectivity index (χ4v) is 3.69. The molecule has 2 aromatic carbocycles. The quantitative estimate of drug-likeness (QED) is 0.265. The first kappa shape index (κ1) is 32.9. The molecule has 3 atom stereocenters. The van der Waals surface area contributed by atoms with Crippen molar-refractivity contribution >= 4 is 47.3 Å². The molecule has 14 nitrogen and oxygen atoms in total. The minimum absolute atomic E-state index is 0.0207. The molecule has 0 aliphatic carbocycles. The van der Waals surface area contributed by atoms with Crippen molar-refractivity contribution in [1.29, 1.82) is 0 Å². The third-order valence-electron chi connectivity index (χ3n) is 5.51. The summed E-state index contributed by atoms with van der Waals surface area (Å²) in [5, 5.41) is 4.70. The van der Waals surface area contributed by atoms with Gasteiger partial charge in [0.2, 0.25) is 12.2 Å². The highest BCUT2D eigenvalue weighted by Crippen LogP contribution is 2.19. The topological polar surface area (TPSA) is 190 Å². The summed E-state index contributed by atoms with van der Waals surface area (Å²) in [7, 11) is 3.31. The number of esters is 5.